The van der Waals surface area contributed by atoms with Crippen molar-refractivity contribution in [2.24, 2.45) is 5.92 Å². The van der Waals surface area contributed by atoms with Crippen LogP contribution in [0.3, 0.4) is 0 Å². The number of hydrogen-bond acceptors (Lipinski definition) is 4. The molecule has 0 unspecified atom stereocenters. The second kappa shape index (κ2) is 6.66. The number of nitrogens with zero attached hydrogens (tertiary/aromatic N) is 1. The maximum atomic E-state index is 12.4. The Morgan fingerprint density at radius 2 is 1.85 bits per heavy atom. The zero-order valence-electron chi connectivity index (χ0n) is 12.1. The van der Waals surface area contributed by atoms with Gasteiger partial charge in [0, 0.05) is 11.8 Å². The number of carboxylic acid groups (broad SMARTS) is 1. The number of rotatable bonds is 3. The van der Waals surface area contributed by atoms with Gasteiger partial charge in [-0.2, -0.15) is 0 Å². The van der Waals surface area contributed by atoms with Gasteiger partial charge >= 0.3 is 0 Å². The smallest absolute Gasteiger partial charge is 0.247 e. The maximum Gasteiger partial charge on any atom is 0.247 e. The van der Waals surface area contributed by atoms with Gasteiger partial charge in [0.15, 0.2) is 0 Å². The van der Waals surface area contributed by atoms with E-state index in [9.17, 15) is 14.7 Å². The Bertz CT molecular complexity index is 411. The number of thioether (sulfide) groups is 1. The normalized spacial score (nSPS) is 27.4. The molecule has 2 aliphatic rings. The molecule has 0 aromatic rings. The topological polar surface area (TPSA) is 60.4 Å². The summed E-state index contributed by atoms with van der Waals surface area (Å²) in [5, 5.41) is 11.3. The Hall–Kier alpha value is -0.970. The first-order chi connectivity index (χ1) is 9.50. The Balaban J connectivity index is 2.19. The van der Waals surface area contributed by atoms with E-state index in [0.717, 1.165) is 18.4 Å². The van der Waals surface area contributed by atoms with Crippen LogP contribution in [0.5, 0.6) is 0 Å². The number of aliphatic carboxylic acids is 1. The molecule has 1 heterocycles. The highest BCUT2D eigenvalue weighted by molar-refractivity contribution is 8.00. The van der Waals surface area contributed by atoms with E-state index in [-0.39, 0.29) is 11.3 Å². The molecule has 5 heteroatoms. The van der Waals surface area contributed by atoms with Gasteiger partial charge in [0.2, 0.25) is 5.91 Å². The van der Waals surface area contributed by atoms with Crippen molar-refractivity contribution in [3.63, 3.8) is 0 Å². The molecule has 0 N–H and O–H groups in total. The highest BCUT2D eigenvalue weighted by atomic mass is 32.2. The first-order valence-corrected chi connectivity index (χ1v) is 8.35. The van der Waals surface area contributed by atoms with Gasteiger partial charge in [-0.05, 0) is 32.6 Å². The molecule has 112 valence electrons. The fraction of sp³-hybridized carbons (Fsp3) is 0.733. The molecule has 0 bridgehead atoms. The fourth-order valence-electron chi connectivity index (χ4n) is 3.09. The van der Waals surface area contributed by atoms with E-state index in [4.69, 9.17) is 0 Å². The quantitative estimate of drug-likeness (QED) is 0.741. The average molecular weight is 296 g/mol. The van der Waals surface area contributed by atoms with Crippen LogP contribution in [-0.2, 0) is 9.59 Å². The SMILES string of the molecule is CC(C)=CC(=O)N1[C@@H](C(=O)[O-])CS[C@H]1C1CCCCC1. The third kappa shape index (κ3) is 3.37. The van der Waals surface area contributed by atoms with E-state index in [1.165, 1.54) is 25.3 Å². The number of hydrogen-bond donors (Lipinski definition) is 0. The summed E-state index contributed by atoms with van der Waals surface area (Å²) < 4.78 is 0. The van der Waals surface area contributed by atoms with Gasteiger partial charge in [-0.3, -0.25) is 4.79 Å². The van der Waals surface area contributed by atoms with Gasteiger partial charge in [-0.1, -0.05) is 24.8 Å². The van der Waals surface area contributed by atoms with Crippen molar-refractivity contribution >= 4 is 23.6 Å². The Morgan fingerprint density at radius 3 is 2.40 bits per heavy atom. The van der Waals surface area contributed by atoms with Crippen molar-refractivity contribution in [3.8, 4) is 0 Å². The number of allylic oxidation sites excluding steroid dienone is 1. The molecule has 0 aromatic heterocycles. The summed E-state index contributed by atoms with van der Waals surface area (Å²) in [5.41, 5.74) is 0.895. The second-order valence-corrected chi connectivity index (χ2v) is 7.07. The van der Waals surface area contributed by atoms with Crippen molar-refractivity contribution in [1.82, 2.24) is 4.90 Å². The molecule has 0 spiro atoms. The van der Waals surface area contributed by atoms with Crippen LogP contribution in [-0.4, -0.2) is 33.9 Å². The summed E-state index contributed by atoms with van der Waals surface area (Å²) >= 11 is 1.60. The zero-order chi connectivity index (χ0) is 14.7. The Morgan fingerprint density at radius 1 is 1.20 bits per heavy atom. The molecule has 0 radical (unpaired) electrons. The Labute approximate surface area is 124 Å². The molecule has 2 rings (SSSR count). The highest BCUT2D eigenvalue weighted by Gasteiger charge is 2.41. The van der Waals surface area contributed by atoms with E-state index in [0.29, 0.717) is 11.7 Å². The number of carboxylic acids is 1. The Kier molecular flexibility index (Phi) is 5.13. The van der Waals surface area contributed by atoms with E-state index in [1.54, 1.807) is 16.7 Å². The fourth-order valence-corrected chi connectivity index (χ4v) is 4.72. The summed E-state index contributed by atoms with van der Waals surface area (Å²) in [5.74, 6) is -0.440. The summed E-state index contributed by atoms with van der Waals surface area (Å²) in [6, 6.07) is -0.782. The largest absolute Gasteiger partial charge is 0.548 e. The van der Waals surface area contributed by atoms with E-state index < -0.39 is 12.0 Å². The summed E-state index contributed by atoms with van der Waals surface area (Å²) in [6.07, 6.45) is 7.34. The minimum Gasteiger partial charge on any atom is -0.548 e. The van der Waals surface area contributed by atoms with E-state index in [2.05, 4.69) is 0 Å². The lowest BCUT2D eigenvalue weighted by molar-refractivity contribution is -0.310. The summed E-state index contributed by atoms with van der Waals surface area (Å²) in [4.78, 5) is 25.2. The molecule has 0 aromatic carbocycles. The molecule has 2 fully saturated rings. The van der Waals surface area contributed by atoms with Crippen LogP contribution in [0.1, 0.15) is 46.0 Å². The van der Waals surface area contributed by atoms with Crippen LogP contribution in [0.4, 0.5) is 0 Å². The van der Waals surface area contributed by atoms with Gasteiger partial charge in [0.25, 0.3) is 0 Å². The van der Waals surface area contributed by atoms with Gasteiger partial charge in [-0.25, -0.2) is 0 Å². The molecular weight excluding hydrogens is 274 g/mol. The molecule has 2 atom stereocenters. The summed E-state index contributed by atoms with van der Waals surface area (Å²) in [6.45, 7) is 3.70. The lowest BCUT2D eigenvalue weighted by atomic mass is 9.88. The van der Waals surface area contributed by atoms with E-state index in [1.807, 2.05) is 13.8 Å². The van der Waals surface area contributed by atoms with Crippen LogP contribution in [0.15, 0.2) is 11.6 Å². The molecule has 1 aliphatic heterocycles. The molecule has 1 aliphatic carbocycles. The minimum absolute atomic E-state index is 0.00120. The zero-order valence-corrected chi connectivity index (χ0v) is 12.9. The molecule has 4 nitrogen and oxygen atoms in total. The maximum absolute atomic E-state index is 12.4. The van der Waals surface area contributed by atoms with Gasteiger partial charge in [-0.15, -0.1) is 11.8 Å². The van der Waals surface area contributed by atoms with Crippen molar-refractivity contribution in [1.29, 1.82) is 0 Å². The van der Waals surface area contributed by atoms with Crippen molar-refractivity contribution < 1.29 is 14.7 Å². The lowest BCUT2D eigenvalue weighted by Crippen LogP contribution is -2.52. The van der Waals surface area contributed by atoms with Crippen molar-refractivity contribution in [3.05, 3.63) is 11.6 Å². The van der Waals surface area contributed by atoms with Gasteiger partial charge in [0.05, 0.1) is 17.4 Å². The van der Waals surface area contributed by atoms with Crippen molar-refractivity contribution in [2.45, 2.75) is 57.4 Å². The summed E-state index contributed by atoms with van der Waals surface area (Å²) in [7, 11) is 0. The molecule has 1 amide bonds. The first-order valence-electron chi connectivity index (χ1n) is 7.30. The predicted molar refractivity (Wildman–Crippen MR) is 77.9 cm³/mol. The van der Waals surface area contributed by atoms with Gasteiger partial charge in [0.1, 0.15) is 0 Å². The van der Waals surface area contributed by atoms with Crippen LogP contribution >= 0.6 is 11.8 Å². The first kappa shape index (κ1) is 15.4. The number of carbonyl (C=O) groups is 2. The van der Waals surface area contributed by atoms with Crippen LogP contribution in [0.2, 0.25) is 0 Å². The standard InChI is InChI=1S/C15H23NO3S/c1-10(2)8-13(17)16-12(15(18)19)9-20-14(16)11-6-4-3-5-7-11/h8,11-12,14H,3-7,9H2,1-2H3,(H,18,19)/p-1/t12-,14+/m1/s1. The van der Waals surface area contributed by atoms with Crippen LogP contribution in [0, 0.1) is 5.92 Å². The predicted octanol–water partition coefficient (Wildman–Crippen LogP) is 1.55. The second-order valence-electron chi connectivity index (χ2n) is 5.92. The van der Waals surface area contributed by atoms with Crippen LogP contribution in [0.25, 0.3) is 0 Å². The minimum atomic E-state index is -1.13. The molecular formula is C15H22NO3S-. The van der Waals surface area contributed by atoms with Crippen molar-refractivity contribution in [2.75, 3.05) is 5.75 Å². The molecule has 1 saturated carbocycles. The number of amides is 1. The van der Waals surface area contributed by atoms with E-state index >= 15 is 0 Å². The highest BCUT2D eigenvalue weighted by Crippen LogP contribution is 2.40. The monoisotopic (exact) mass is 296 g/mol. The third-order valence-electron chi connectivity index (χ3n) is 4.03. The van der Waals surface area contributed by atoms with Crippen LogP contribution < -0.4 is 5.11 Å². The third-order valence-corrected chi connectivity index (χ3v) is 5.49. The molecule has 1 saturated heterocycles. The lowest BCUT2D eigenvalue weighted by Gasteiger charge is -2.35. The molecule has 20 heavy (non-hydrogen) atoms. The number of carbonyl (C=O) groups excluding carboxylic acids is 2. The average Bonchev–Trinajstić information content (AvgIpc) is 2.83. The van der Waals surface area contributed by atoms with Gasteiger partial charge < -0.3 is 14.8 Å².